The first kappa shape index (κ1) is 17.5. The van der Waals surface area contributed by atoms with Gasteiger partial charge in [0.1, 0.15) is 5.60 Å². The van der Waals surface area contributed by atoms with Crippen molar-refractivity contribution < 1.29 is 9.53 Å². The number of rotatable bonds is 6. The number of amides is 1. The van der Waals surface area contributed by atoms with Gasteiger partial charge in [-0.1, -0.05) is 0 Å². The van der Waals surface area contributed by atoms with E-state index in [0.717, 1.165) is 5.69 Å². The number of aromatic amines is 1. The Balaban J connectivity index is 2.46. The van der Waals surface area contributed by atoms with E-state index in [1.165, 1.54) is 0 Å². The molecule has 6 heteroatoms. The molecule has 1 rings (SSSR count). The second-order valence-corrected chi connectivity index (χ2v) is 6.46. The molecule has 1 unspecified atom stereocenters. The second-order valence-electron chi connectivity index (χ2n) is 6.46. The fraction of sp³-hybridized carbons (Fsp3) is 0.733. The molecule has 0 spiro atoms. The monoisotopic (exact) mass is 296 g/mol. The first-order chi connectivity index (χ1) is 9.70. The largest absolute Gasteiger partial charge is 0.444 e. The van der Waals surface area contributed by atoms with E-state index in [-0.39, 0.29) is 18.2 Å². The van der Waals surface area contributed by atoms with Crippen LogP contribution in [-0.2, 0) is 4.74 Å². The number of nitrogens with one attached hydrogen (secondary N) is 2. The molecular weight excluding hydrogens is 268 g/mol. The van der Waals surface area contributed by atoms with Gasteiger partial charge < -0.3 is 15.0 Å². The van der Waals surface area contributed by atoms with Crippen molar-refractivity contribution in [3.05, 3.63) is 18.0 Å². The van der Waals surface area contributed by atoms with Crippen LogP contribution in [0.2, 0.25) is 0 Å². The molecule has 0 fully saturated rings. The Kier molecular flexibility index (Phi) is 6.20. The zero-order valence-corrected chi connectivity index (χ0v) is 13.9. The van der Waals surface area contributed by atoms with Gasteiger partial charge in [-0.3, -0.25) is 5.10 Å². The molecule has 6 nitrogen and oxygen atoms in total. The summed E-state index contributed by atoms with van der Waals surface area (Å²) < 4.78 is 5.43. The normalized spacial score (nSPS) is 13.3. The maximum atomic E-state index is 12.2. The Morgan fingerprint density at radius 2 is 2.10 bits per heavy atom. The van der Waals surface area contributed by atoms with Crippen molar-refractivity contribution in [2.45, 2.75) is 59.2 Å². The van der Waals surface area contributed by atoms with Gasteiger partial charge in [0, 0.05) is 31.4 Å². The van der Waals surface area contributed by atoms with Crippen LogP contribution in [0.25, 0.3) is 0 Å². The summed E-state index contributed by atoms with van der Waals surface area (Å²) >= 11 is 0. The van der Waals surface area contributed by atoms with Crippen molar-refractivity contribution >= 4 is 6.09 Å². The zero-order valence-electron chi connectivity index (χ0n) is 13.9. The lowest BCUT2D eigenvalue weighted by Gasteiger charge is -2.30. The number of aromatic nitrogens is 2. The third-order valence-corrected chi connectivity index (χ3v) is 3.04. The number of carbonyl (C=O) groups excluding carboxylic acids is 1. The van der Waals surface area contributed by atoms with Gasteiger partial charge in [-0.05, 0) is 47.6 Å². The highest BCUT2D eigenvalue weighted by molar-refractivity contribution is 5.68. The van der Waals surface area contributed by atoms with E-state index in [4.69, 9.17) is 4.74 Å². The van der Waals surface area contributed by atoms with E-state index in [2.05, 4.69) is 22.4 Å². The molecule has 0 saturated carbocycles. The Morgan fingerprint density at radius 1 is 1.43 bits per heavy atom. The van der Waals surface area contributed by atoms with Gasteiger partial charge in [0.25, 0.3) is 0 Å². The van der Waals surface area contributed by atoms with Crippen LogP contribution in [0.5, 0.6) is 0 Å². The number of hydrogen-bond donors (Lipinski definition) is 2. The van der Waals surface area contributed by atoms with Gasteiger partial charge in [-0.25, -0.2) is 4.79 Å². The molecule has 2 N–H and O–H groups in total. The van der Waals surface area contributed by atoms with Gasteiger partial charge in [-0.2, -0.15) is 5.10 Å². The van der Waals surface area contributed by atoms with E-state index in [9.17, 15) is 4.79 Å². The van der Waals surface area contributed by atoms with Crippen molar-refractivity contribution in [3.8, 4) is 0 Å². The molecule has 1 aromatic rings. The molecule has 0 aliphatic heterocycles. The third kappa shape index (κ3) is 6.16. The first-order valence-electron chi connectivity index (χ1n) is 7.43. The summed E-state index contributed by atoms with van der Waals surface area (Å²) in [5.41, 5.74) is 0.560. The predicted octanol–water partition coefficient (Wildman–Crippen LogP) is 2.71. The first-order valence-corrected chi connectivity index (χ1v) is 7.43. The smallest absolute Gasteiger partial charge is 0.410 e. The Morgan fingerprint density at radius 3 is 2.57 bits per heavy atom. The summed E-state index contributed by atoms with van der Waals surface area (Å²) in [5, 5.41) is 10.2. The molecule has 0 bridgehead atoms. The molecule has 120 valence electrons. The maximum absolute atomic E-state index is 12.2. The minimum atomic E-state index is -0.471. The summed E-state index contributed by atoms with van der Waals surface area (Å²) in [6, 6.07) is 2.20. The van der Waals surface area contributed by atoms with E-state index in [0.29, 0.717) is 13.1 Å². The highest BCUT2D eigenvalue weighted by atomic mass is 16.6. The van der Waals surface area contributed by atoms with Gasteiger partial charge in [0.2, 0.25) is 0 Å². The van der Waals surface area contributed by atoms with E-state index in [1.54, 1.807) is 11.1 Å². The highest BCUT2D eigenvalue weighted by Gasteiger charge is 2.23. The Hall–Kier alpha value is -1.56. The van der Waals surface area contributed by atoms with Gasteiger partial charge in [-0.15, -0.1) is 0 Å². The summed E-state index contributed by atoms with van der Waals surface area (Å²) in [7, 11) is 0. The van der Waals surface area contributed by atoms with E-state index < -0.39 is 5.60 Å². The lowest BCUT2D eigenvalue weighted by atomic mass is 10.2. The van der Waals surface area contributed by atoms with Crippen LogP contribution in [0, 0.1) is 0 Å². The molecule has 0 aromatic carbocycles. The van der Waals surface area contributed by atoms with Crippen LogP contribution in [-0.4, -0.2) is 45.9 Å². The molecule has 0 aliphatic carbocycles. The van der Waals surface area contributed by atoms with Crippen LogP contribution in [0.3, 0.4) is 0 Å². The summed E-state index contributed by atoms with van der Waals surface area (Å²) in [6.45, 7) is 13.0. The van der Waals surface area contributed by atoms with Crippen molar-refractivity contribution in [3.63, 3.8) is 0 Å². The number of hydrogen-bond acceptors (Lipinski definition) is 4. The zero-order chi connectivity index (χ0) is 16.0. The molecule has 21 heavy (non-hydrogen) atoms. The standard InChI is InChI=1S/C15H28N4O2/c1-11(2)19(14(20)21-15(4,5)6)10-9-16-12(3)13-7-8-17-18-13/h7-8,11-12,16H,9-10H2,1-6H3,(H,17,18). The van der Waals surface area contributed by atoms with Crippen molar-refractivity contribution in [2.24, 2.45) is 0 Å². The summed E-state index contributed by atoms with van der Waals surface area (Å²) in [6.07, 6.45) is 1.46. The van der Waals surface area contributed by atoms with E-state index >= 15 is 0 Å². The maximum Gasteiger partial charge on any atom is 0.410 e. The Bertz CT molecular complexity index is 423. The highest BCUT2D eigenvalue weighted by Crippen LogP contribution is 2.12. The van der Waals surface area contributed by atoms with Crippen LogP contribution >= 0.6 is 0 Å². The predicted molar refractivity (Wildman–Crippen MR) is 83.1 cm³/mol. The van der Waals surface area contributed by atoms with Gasteiger partial charge in [0.15, 0.2) is 0 Å². The molecule has 1 heterocycles. The van der Waals surface area contributed by atoms with Crippen LogP contribution in [0.1, 0.15) is 53.3 Å². The number of H-pyrrole nitrogens is 1. The fourth-order valence-electron chi connectivity index (χ4n) is 1.90. The third-order valence-electron chi connectivity index (χ3n) is 3.04. The average Bonchev–Trinajstić information content (AvgIpc) is 2.85. The second kappa shape index (κ2) is 7.45. The van der Waals surface area contributed by atoms with E-state index in [1.807, 2.05) is 40.7 Å². The van der Waals surface area contributed by atoms with Crippen molar-refractivity contribution in [1.82, 2.24) is 20.4 Å². The van der Waals surface area contributed by atoms with Crippen LogP contribution in [0.15, 0.2) is 12.3 Å². The molecule has 1 atom stereocenters. The Labute approximate surface area is 127 Å². The van der Waals surface area contributed by atoms with Crippen molar-refractivity contribution in [1.29, 1.82) is 0 Å². The molecule has 0 radical (unpaired) electrons. The fourth-order valence-corrected chi connectivity index (χ4v) is 1.90. The molecular formula is C15H28N4O2. The summed E-state index contributed by atoms with van der Waals surface area (Å²) in [4.78, 5) is 13.9. The molecule has 0 saturated heterocycles. The summed E-state index contributed by atoms with van der Waals surface area (Å²) in [5.74, 6) is 0. The average molecular weight is 296 g/mol. The molecule has 1 amide bonds. The quantitative estimate of drug-likeness (QED) is 0.847. The topological polar surface area (TPSA) is 70.2 Å². The van der Waals surface area contributed by atoms with Gasteiger partial charge in [0.05, 0.1) is 5.69 Å². The van der Waals surface area contributed by atoms with Crippen molar-refractivity contribution in [2.75, 3.05) is 13.1 Å². The van der Waals surface area contributed by atoms with Crippen LogP contribution in [0.4, 0.5) is 4.79 Å². The van der Waals surface area contributed by atoms with Crippen LogP contribution < -0.4 is 5.32 Å². The number of carbonyl (C=O) groups is 1. The minimum absolute atomic E-state index is 0.101. The number of nitrogens with zero attached hydrogens (tertiary/aromatic N) is 2. The minimum Gasteiger partial charge on any atom is -0.444 e. The molecule has 1 aromatic heterocycles. The number of ether oxygens (including phenoxy) is 1. The SMILES string of the molecule is CC(NCCN(C(=O)OC(C)(C)C)C(C)C)c1ccn[nH]1. The lowest BCUT2D eigenvalue weighted by molar-refractivity contribution is 0.0192. The van der Waals surface area contributed by atoms with Gasteiger partial charge >= 0.3 is 6.09 Å². The molecule has 0 aliphatic rings. The lowest BCUT2D eigenvalue weighted by Crippen LogP contribution is -2.44.